The molecule has 0 aliphatic rings. The number of hydrogen-bond acceptors (Lipinski definition) is 4. The maximum atomic E-state index is 6.83. The van der Waals surface area contributed by atoms with E-state index >= 15 is 0 Å². The fraction of sp³-hybridized carbons (Fsp3) is 0. The quantitative estimate of drug-likeness (QED) is 0.180. The molecule has 54 heavy (non-hydrogen) atoms. The fourth-order valence-corrected chi connectivity index (χ4v) is 7.96. The normalized spacial score (nSPS) is 11.7. The van der Waals surface area contributed by atoms with Crippen molar-refractivity contribution in [3.05, 3.63) is 182 Å². The summed E-state index contributed by atoms with van der Waals surface area (Å²) in [5.41, 5.74) is 9.80. The average molecular weight is 691 g/mol. The van der Waals surface area contributed by atoms with Gasteiger partial charge in [-0.2, -0.15) is 0 Å². The minimum Gasteiger partial charge on any atom is -0.456 e. The number of rotatable bonds is 5. The average Bonchev–Trinajstić information content (AvgIpc) is 3.79. The third kappa shape index (κ3) is 4.83. The highest BCUT2D eigenvalue weighted by Gasteiger charge is 2.22. The van der Waals surface area contributed by atoms with Gasteiger partial charge in [-0.25, -0.2) is 15.0 Å². The van der Waals surface area contributed by atoms with Gasteiger partial charge in [-0.05, 0) is 52.2 Å². The van der Waals surface area contributed by atoms with Crippen LogP contribution >= 0.6 is 0 Å². The van der Waals surface area contributed by atoms with Crippen LogP contribution in [0.1, 0.15) is 0 Å². The van der Waals surface area contributed by atoms with Gasteiger partial charge in [0.15, 0.2) is 17.5 Å². The zero-order chi connectivity index (χ0) is 35.6. The molecule has 0 fully saturated rings. The van der Waals surface area contributed by atoms with Crippen molar-refractivity contribution in [3.63, 3.8) is 0 Å². The molecule has 252 valence electrons. The summed E-state index contributed by atoms with van der Waals surface area (Å²) in [5.74, 6) is 1.82. The molecule has 3 heterocycles. The first-order valence-electron chi connectivity index (χ1n) is 18.1. The molecule has 0 aliphatic heterocycles. The number of benzene rings is 8. The van der Waals surface area contributed by atoms with E-state index in [9.17, 15) is 0 Å². The molecule has 0 bridgehead atoms. The molecule has 5 nitrogen and oxygen atoms in total. The Morgan fingerprint density at radius 1 is 0.370 bits per heavy atom. The molecule has 11 aromatic rings. The van der Waals surface area contributed by atoms with E-state index in [1.807, 2.05) is 42.5 Å². The molecule has 0 saturated carbocycles. The highest BCUT2D eigenvalue weighted by molar-refractivity contribution is 6.18. The number of furan rings is 1. The van der Waals surface area contributed by atoms with Crippen LogP contribution < -0.4 is 0 Å². The Morgan fingerprint density at radius 3 is 1.70 bits per heavy atom. The summed E-state index contributed by atoms with van der Waals surface area (Å²) >= 11 is 0. The van der Waals surface area contributed by atoms with Crippen LogP contribution in [0.25, 0.3) is 105 Å². The van der Waals surface area contributed by atoms with E-state index in [-0.39, 0.29) is 0 Å². The molecule has 3 aromatic heterocycles. The maximum Gasteiger partial charge on any atom is 0.164 e. The van der Waals surface area contributed by atoms with Crippen LogP contribution in [0.5, 0.6) is 0 Å². The van der Waals surface area contributed by atoms with Crippen molar-refractivity contribution in [2.75, 3.05) is 0 Å². The Balaban J connectivity index is 1.20. The largest absolute Gasteiger partial charge is 0.456 e. The van der Waals surface area contributed by atoms with Crippen LogP contribution in [0.15, 0.2) is 186 Å². The summed E-state index contributed by atoms with van der Waals surface area (Å²) < 4.78 is 9.18. The van der Waals surface area contributed by atoms with Gasteiger partial charge < -0.3 is 8.98 Å². The lowest BCUT2D eigenvalue weighted by Gasteiger charge is -2.13. The Bertz CT molecular complexity index is 3160. The first-order valence-corrected chi connectivity index (χ1v) is 18.1. The van der Waals surface area contributed by atoms with E-state index in [4.69, 9.17) is 19.4 Å². The smallest absolute Gasteiger partial charge is 0.164 e. The van der Waals surface area contributed by atoms with Gasteiger partial charge >= 0.3 is 0 Å². The third-order valence-corrected chi connectivity index (χ3v) is 10.4. The lowest BCUT2D eigenvalue weighted by molar-refractivity contribution is 0.669. The number of aromatic nitrogens is 4. The van der Waals surface area contributed by atoms with Crippen LogP contribution in [0.4, 0.5) is 0 Å². The Labute approximate surface area is 310 Å². The third-order valence-electron chi connectivity index (χ3n) is 10.4. The van der Waals surface area contributed by atoms with Crippen molar-refractivity contribution in [2.45, 2.75) is 0 Å². The van der Waals surface area contributed by atoms with Crippen molar-refractivity contribution >= 4 is 54.5 Å². The highest BCUT2D eigenvalue weighted by Crippen LogP contribution is 2.44. The summed E-state index contributed by atoms with van der Waals surface area (Å²) in [6, 6.07) is 63.2. The van der Waals surface area contributed by atoms with Crippen molar-refractivity contribution in [2.24, 2.45) is 0 Å². The molecule has 5 heteroatoms. The van der Waals surface area contributed by atoms with E-state index < -0.39 is 0 Å². The molecule has 8 aromatic carbocycles. The molecule has 0 saturated heterocycles. The molecular weight excluding hydrogens is 661 g/mol. The Morgan fingerprint density at radius 2 is 0.963 bits per heavy atom. The van der Waals surface area contributed by atoms with Gasteiger partial charge in [0, 0.05) is 44.3 Å². The van der Waals surface area contributed by atoms with E-state index in [0.717, 1.165) is 71.9 Å². The van der Waals surface area contributed by atoms with Gasteiger partial charge in [-0.3, -0.25) is 0 Å². The van der Waals surface area contributed by atoms with Gasteiger partial charge in [0.2, 0.25) is 0 Å². The van der Waals surface area contributed by atoms with Crippen LogP contribution in [-0.4, -0.2) is 19.5 Å². The van der Waals surface area contributed by atoms with E-state index in [0.29, 0.717) is 17.5 Å². The molecule has 0 atom stereocenters. The van der Waals surface area contributed by atoms with E-state index in [2.05, 4.69) is 144 Å². The highest BCUT2D eigenvalue weighted by atomic mass is 16.3. The predicted octanol–water partition coefficient (Wildman–Crippen LogP) is 12.7. The van der Waals surface area contributed by atoms with Crippen LogP contribution in [0, 0.1) is 0 Å². The monoisotopic (exact) mass is 690 g/mol. The number of hydrogen-bond donors (Lipinski definition) is 0. The summed E-state index contributed by atoms with van der Waals surface area (Å²) in [6.45, 7) is 0. The summed E-state index contributed by atoms with van der Waals surface area (Å²) in [7, 11) is 0. The zero-order valence-corrected chi connectivity index (χ0v) is 29.0. The standard InChI is InChI=1S/C49H30N4O/c1-3-15-32(16-4-1)40-29-36(53-41-23-11-9-20-37(41)38-21-10-12-24-42(38)53)30-44-46(40)45-39(22-13-25-43(45)54-44)49-51-47(33-17-5-2-6-18-33)50-48(52-49)35-27-26-31-14-7-8-19-34(31)28-35/h1-30H. The molecule has 0 amide bonds. The van der Waals surface area contributed by atoms with Gasteiger partial charge in [0.05, 0.1) is 16.7 Å². The van der Waals surface area contributed by atoms with Crippen molar-refractivity contribution in [1.82, 2.24) is 19.5 Å². The second-order valence-electron chi connectivity index (χ2n) is 13.6. The molecule has 0 aliphatic carbocycles. The Kier molecular flexibility index (Phi) is 6.79. The Hall–Kier alpha value is -7.37. The molecular formula is C49H30N4O. The van der Waals surface area contributed by atoms with E-state index in [1.54, 1.807) is 0 Å². The van der Waals surface area contributed by atoms with Gasteiger partial charge in [-0.15, -0.1) is 0 Å². The first-order chi connectivity index (χ1) is 26.8. The van der Waals surface area contributed by atoms with Crippen LogP contribution in [0.2, 0.25) is 0 Å². The zero-order valence-electron chi connectivity index (χ0n) is 29.0. The van der Waals surface area contributed by atoms with Crippen molar-refractivity contribution in [1.29, 1.82) is 0 Å². The van der Waals surface area contributed by atoms with Crippen LogP contribution in [0.3, 0.4) is 0 Å². The topological polar surface area (TPSA) is 56.7 Å². The summed E-state index contributed by atoms with van der Waals surface area (Å²) in [5, 5.41) is 6.72. The predicted molar refractivity (Wildman–Crippen MR) is 221 cm³/mol. The summed E-state index contributed by atoms with van der Waals surface area (Å²) in [6.07, 6.45) is 0. The minimum atomic E-state index is 0.589. The SMILES string of the molecule is c1ccc(-c2nc(-c3ccc4ccccc4c3)nc(-c3cccc4oc5cc(-n6c7ccccc7c7ccccc76)cc(-c6ccccc6)c5c34)n2)cc1. The van der Waals surface area contributed by atoms with Crippen molar-refractivity contribution in [3.8, 4) is 51.0 Å². The van der Waals surface area contributed by atoms with Crippen LogP contribution in [-0.2, 0) is 0 Å². The van der Waals surface area contributed by atoms with Gasteiger partial charge in [0.25, 0.3) is 0 Å². The number of fused-ring (bicyclic) bond motifs is 7. The lowest BCUT2D eigenvalue weighted by atomic mass is 9.96. The van der Waals surface area contributed by atoms with E-state index in [1.165, 1.54) is 16.2 Å². The van der Waals surface area contributed by atoms with Gasteiger partial charge in [-0.1, -0.05) is 146 Å². The molecule has 11 rings (SSSR count). The summed E-state index contributed by atoms with van der Waals surface area (Å²) in [4.78, 5) is 15.4. The second kappa shape index (κ2) is 12.1. The number of nitrogens with zero attached hydrogens (tertiary/aromatic N) is 4. The molecule has 0 N–H and O–H groups in total. The van der Waals surface area contributed by atoms with Crippen molar-refractivity contribution < 1.29 is 4.42 Å². The first kappa shape index (κ1) is 30.3. The van der Waals surface area contributed by atoms with Gasteiger partial charge in [0.1, 0.15) is 11.2 Å². The number of para-hydroxylation sites is 2. The molecule has 0 spiro atoms. The minimum absolute atomic E-state index is 0.589. The fourth-order valence-electron chi connectivity index (χ4n) is 7.96. The molecule has 0 unspecified atom stereocenters. The molecule has 0 radical (unpaired) electrons. The lowest BCUT2D eigenvalue weighted by Crippen LogP contribution is -2.00. The second-order valence-corrected chi connectivity index (χ2v) is 13.6. The maximum absolute atomic E-state index is 6.83.